The predicted molar refractivity (Wildman–Crippen MR) is 129 cm³/mol. The van der Waals surface area contributed by atoms with Crippen LogP contribution in [0.2, 0.25) is 5.02 Å². The van der Waals surface area contributed by atoms with Crippen LogP contribution >= 0.6 is 11.6 Å². The van der Waals surface area contributed by atoms with Gasteiger partial charge in [0.15, 0.2) is 0 Å². The normalized spacial score (nSPS) is 19.3. The Bertz CT molecular complexity index is 1040. The van der Waals surface area contributed by atoms with Gasteiger partial charge in [-0.25, -0.2) is 8.42 Å². The van der Waals surface area contributed by atoms with Crippen molar-refractivity contribution in [1.82, 2.24) is 9.62 Å². The summed E-state index contributed by atoms with van der Waals surface area (Å²) in [6.07, 6.45) is 5.61. The molecule has 1 aliphatic carbocycles. The van der Waals surface area contributed by atoms with Crippen LogP contribution in [0.25, 0.3) is 0 Å². The molecule has 1 saturated heterocycles. The molecular weight excluding hydrogens is 460 g/mol. The van der Waals surface area contributed by atoms with Crippen LogP contribution in [0.3, 0.4) is 0 Å². The number of amides is 1. The zero-order valence-electron chi connectivity index (χ0n) is 18.9. The predicted octanol–water partition coefficient (Wildman–Crippen LogP) is 4.80. The van der Waals surface area contributed by atoms with Crippen LogP contribution in [-0.2, 0) is 14.8 Å². The highest BCUT2D eigenvalue weighted by atomic mass is 35.5. The molecule has 0 spiro atoms. The molecule has 2 aromatic rings. The van der Waals surface area contributed by atoms with Crippen molar-refractivity contribution in [2.45, 2.75) is 49.5 Å². The number of halogens is 1. The molecule has 6 nitrogen and oxygen atoms in total. The second-order valence-electron chi connectivity index (χ2n) is 8.94. The molecule has 178 valence electrons. The van der Waals surface area contributed by atoms with Crippen molar-refractivity contribution in [2.24, 2.45) is 11.8 Å². The maximum Gasteiger partial charge on any atom is 0.243 e. The van der Waals surface area contributed by atoms with Crippen LogP contribution in [0.4, 0.5) is 0 Å². The Balaban J connectivity index is 1.40. The van der Waals surface area contributed by atoms with Gasteiger partial charge in [0.1, 0.15) is 5.75 Å². The molecule has 2 aromatic carbocycles. The number of piperidine rings is 1. The molecule has 1 saturated carbocycles. The quantitative estimate of drug-likeness (QED) is 0.605. The minimum absolute atomic E-state index is 0.0170. The molecule has 1 amide bonds. The summed E-state index contributed by atoms with van der Waals surface area (Å²) in [6, 6.07) is 14.1. The summed E-state index contributed by atoms with van der Waals surface area (Å²) in [7, 11) is -2.04. The van der Waals surface area contributed by atoms with E-state index in [0.717, 1.165) is 18.4 Å². The van der Waals surface area contributed by atoms with Gasteiger partial charge in [-0.1, -0.05) is 36.6 Å². The molecule has 8 heteroatoms. The van der Waals surface area contributed by atoms with Crippen molar-refractivity contribution in [3.63, 3.8) is 0 Å². The van der Waals surface area contributed by atoms with Gasteiger partial charge in [0, 0.05) is 24.0 Å². The third-order valence-corrected chi connectivity index (χ3v) is 9.08. The van der Waals surface area contributed by atoms with Gasteiger partial charge in [-0.2, -0.15) is 4.31 Å². The highest BCUT2D eigenvalue weighted by molar-refractivity contribution is 7.89. The van der Waals surface area contributed by atoms with Gasteiger partial charge in [-0.3, -0.25) is 4.79 Å². The Labute approximate surface area is 201 Å². The Hall–Kier alpha value is -2.09. The molecule has 0 aromatic heterocycles. The van der Waals surface area contributed by atoms with E-state index in [-0.39, 0.29) is 22.8 Å². The lowest BCUT2D eigenvalue weighted by atomic mass is 9.90. The van der Waals surface area contributed by atoms with Gasteiger partial charge in [0.05, 0.1) is 18.0 Å². The van der Waals surface area contributed by atoms with E-state index >= 15 is 0 Å². The first-order chi connectivity index (χ1) is 15.9. The van der Waals surface area contributed by atoms with E-state index in [1.807, 2.05) is 24.3 Å². The smallest absolute Gasteiger partial charge is 0.243 e. The molecule has 0 radical (unpaired) electrons. The van der Waals surface area contributed by atoms with Crippen molar-refractivity contribution in [1.29, 1.82) is 0 Å². The fourth-order valence-corrected chi connectivity index (χ4v) is 6.56. The third-order valence-electron chi connectivity index (χ3n) is 6.92. The van der Waals surface area contributed by atoms with E-state index in [1.54, 1.807) is 31.4 Å². The van der Waals surface area contributed by atoms with Crippen LogP contribution in [-0.4, -0.2) is 38.8 Å². The maximum atomic E-state index is 13.2. The minimum atomic E-state index is -3.59. The van der Waals surface area contributed by atoms with E-state index in [9.17, 15) is 13.2 Å². The second kappa shape index (κ2) is 10.5. The van der Waals surface area contributed by atoms with Crippen LogP contribution < -0.4 is 10.1 Å². The minimum Gasteiger partial charge on any atom is -0.497 e. The molecule has 0 bridgehead atoms. The lowest BCUT2D eigenvalue weighted by Gasteiger charge is -2.32. The number of carbonyl (C=O) groups is 1. The number of hydrogen-bond donors (Lipinski definition) is 1. The Morgan fingerprint density at radius 2 is 1.61 bits per heavy atom. The first kappa shape index (κ1) is 24.0. The van der Waals surface area contributed by atoms with Crippen molar-refractivity contribution in [2.75, 3.05) is 20.2 Å². The standard InChI is InChI=1S/C25H31ClN2O4S/c1-32-22-10-12-23(13-11-22)33(30,31)28-16-14-20(15-17-28)25(29)27-24(18-4-2-3-5-18)19-6-8-21(26)9-7-19/h6-13,18,20,24H,2-5,14-17H2,1H3,(H,27,29). The number of benzene rings is 2. The SMILES string of the molecule is COc1ccc(S(=O)(=O)N2CCC(C(=O)NC(c3ccc(Cl)cc3)C3CCCC3)CC2)cc1. The van der Waals surface area contributed by atoms with Gasteiger partial charge < -0.3 is 10.1 Å². The zero-order valence-corrected chi connectivity index (χ0v) is 20.4. The van der Waals surface area contributed by atoms with Gasteiger partial charge >= 0.3 is 0 Å². The summed E-state index contributed by atoms with van der Waals surface area (Å²) in [5.74, 6) is 0.861. The average molecular weight is 491 g/mol. The summed E-state index contributed by atoms with van der Waals surface area (Å²) < 4.78 is 32.6. The number of nitrogens with zero attached hydrogens (tertiary/aromatic N) is 1. The molecule has 1 heterocycles. The van der Waals surface area contributed by atoms with Crippen LogP contribution in [0.15, 0.2) is 53.4 Å². The molecule has 2 fully saturated rings. The number of nitrogens with one attached hydrogen (secondary N) is 1. The number of ether oxygens (including phenoxy) is 1. The first-order valence-electron chi connectivity index (χ1n) is 11.6. The molecule has 4 rings (SSSR count). The molecular formula is C25H31ClN2O4S. The van der Waals surface area contributed by atoms with Crippen molar-refractivity contribution < 1.29 is 17.9 Å². The van der Waals surface area contributed by atoms with Gasteiger partial charge in [-0.05, 0) is 73.6 Å². The second-order valence-corrected chi connectivity index (χ2v) is 11.3. The Kier molecular flexibility index (Phi) is 7.62. The third kappa shape index (κ3) is 5.53. The van der Waals surface area contributed by atoms with E-state index in [2.05, 4.69) is 5.32 Å². The topological polar surface area (TPSA) is 75.7 Å². The summed E-state index contributed by atoms with van der Waals surface area (Å²) in [5, 5.41) is 3.98. The van der Waals surface area contributed by atoms with Gasteiger partial charge in [0.25, 0.3) is 0 Å². The number of rotatable bonds is 7. The largest absolute Gasteiger partial charge is 0.497 e. The highest BCUT2D eigenvalue weighted by Crippen LogP contribution is 2.36. The molecule has 33 heavy (non-hydrogen) atoms. The highest BCUT2D eigenvalue weighted by Gasteiger charge is 2.34. The summed E-state index contributed by atoms with van der Waals surface area (Å²) in [6.45, 7) is 0.670. The summed E-state index contributed by atoms with van der Waals surface area (Å²) in [5.41, 5.74) is 1.08. The van der Waals surface area contributed by atoms with E-state index < -0.39 is 10.0 Å². The van der Waals surface area contributed by atoms with E-state index in [1.165, 1.54) is 17.1 Å². The fourth-order valence-electron chi connectivity index (χ4n) is 4.96. The van der Waals surface area contributed by atoms with Crippen molar-refractivity contribution in [3.8, 4) is 5.75 Å². The molecule has 1 N–H and O–H groups in total. The van der Waals surface area contributed by atoms with Crippen LogP contribution in [0, 0.1) is 11.8 Å². The van der Waals surface area contributed by atoms with Gasteiger partial charge in [0.2, 0.25) is 15.9 Å². The fraction of sp³-hybridized carbons (Fsp3) is 0.480. The number of sulfonamides is 1. The number of methoxy groups -OCH3 is 1. The Morgan fingerprint density at radius 3 is 2.18 bits per heavy atom. The monoisotopic (exact) mass is 490 g/mol. The first-order valence-corrected chi connectivity index (χ1v) is 13.4. The summed E-state index contributed by atoms with van der Waals surface area (Å²) in [4.78, 5) is 13.4. The van der Waals surface area contributed by atoms with Gasteiger partial charge in [-0.15, -0.1) is 0 Å². The van der Waals surface area contributed by atoms with Crippen molar-refractivity contribution in [3.05, 3.63) is 59.1 Å². The maximum absolute atomic E-state index is 13.2. The van der Waals surface area contributed by atoms with E-state index in [4.69, 9.17) is 16.3 Å². The zero-order chi connectivity index (χ0) is 23.4. The summed E-state index contributed by atoms with van der Waals surface area (Å²) >= 11 is 6.07. The number of carbonyl (C=O) groups excluding carboxylic acids is 1. The molecule has 1 aliphatic heterocycles. The van der Waals surface area contributed by atoms with Crippen LogP contribution in [0.5, 0.6) is 5.75 Å². The molecule has 1 atom stereocenters. The Morgan fingerprint density at radius 1 is 1.00 bits per heavy atom. The molecule has 2 aliphatic rings. The van der Waals surface area contributed by atoms with Crippen molar-refractivity contribution >= 4 is 27.5 Å². The molecule has 1 unspecified atom stereocenters. The average Bonchev–Trinajstić information content (AvgIpc) is 3.38. The lowest BCUT2D eigenvalue weighted by Crippen LogP contribution is -2.44. The number of hydrogen-bond acceptors (Lipinski definition) is 4. The lowest BCUT2D eigenvalue weighted by molar-refractivity contribution is -0.127. The van der Waals surface area contributed by atoms with Crippen LogP contribution in [0.1, 0.15) is 50.1 Å². The van der Waals surface area contributed by atoms with E-state index in [0.29, 0.717) is 42.6 Å².